The zero-order valence-electron chi connectivity index (χ0n) is 15.8. The Morgan fingerprint density at radius 1 is 1.17 bits per heavy atom. The highest BCUT2D eigenvalue weighted by atomic mass is 32.2. The molecule has 0 aliphatic carbocycles. The molecule has 0 radical (unpaired) electrons. The van der Waals surface area contributed by atoms with Crippen molar-refractivity contribution >= 4 is 40.8 Å². The second kappa shape index (κ2) is 8.63. The Bertz CT molecular complexity index is 1070. The third kappa shape index (κ3) is 4.47. The van der Waals surface area contributed by atoms with Gasteiger partial charge in [0.15, 0.2) is 6.61 Å². The summed E-state index contributed by atoms with van der Waals surface area (Å²) in [6, 6.07) is 15.7. The molecule has 0 atom stereocenters. The van der Waals surface area contributed by atoms with Crippen LogP contribution in [0.4, 0.5) is 11.4 Å². The van der Waals surface area contributed by atoms with E-state index in [1.165, 1.54) is 30.8 Å². The molecule has 0 spiro atoms. The second-order valence-corrected chi connectivity index (χ2v) is 7.21. The highest BCUT2D eigenvalue weighted by Gasteiger charge is 2.28. The Balaban J connectivity index is 1.71. The molecule has 3 rings (SSSR count). The largest absolute Gasteiger partial charge is 0.454 e. The number of nitrogens with zero attached hydrogens (tertiary/aromatic N) is 2. The number of carbonyl (C=O) groups is 3. The molecule has 0 fully saturated rings. The predicted molar refractivity (Wildman–Crippen MR) is 109 cm³/mol. The number of anilines is 2. The molecule has 1 heterocycles. The van der Waals surface area contributed by atoms with E-state index in [9.17, 15) is 19.6 Å². The molecular weight excluding hydrogens is 390 g/mol. The molecule has 1 aliphatic heterocycles. The summed E-state index contributed by atoms with van der Waals surface area (Å²) >= 11 is 1.33. The minimum atomic E-state index is -0.719. The van der Waals surface area contributed by atoms with Gasteiger partial charge in [0.1, 0.15) is 16.7 Å². The number of ketones is 1. The van der Waals surface area contributed by atoms with Crippen molar-refractivity contribution in [1.29, 1.82) is 5.26 Å². The first-order valence-corrected chi connectivity index (χ1v) is 9.45. The number of Topliss-reactive ketones (excluding diaryl/α,β-unsaturated/α-hetero) is 1. The summed E-state index contributed by atoms with van der Waals surface area (Å²) < 4.78 is 5.09. The van der Waals surface area contributed by atoms with E-state index in [1.807, 2.05) is 30.3 Å². The molecular formula is C21H17N3O4S. The van der Waals surface area contributed by atoms with Crippen molar-refractivity contribution in [1.82, 2.24) is 0 Å². The third-order valence-electron chi connectivity index (χ3n) is 4.10. The SMILES string of the molecule is CC(=O)Nc1cccc(C(=O)OCC(=O)/C(C#N)=C2\Sc3ccccc3N2C)c1. The topological polar surface area (TPSA) is 99.5 Å². The number of thioether (sulfide) groups is 1. The zero-order valence-corrected chi connectivity index (χ0v) is 16.6. The minimum Gasteiger partial charge on any atom is -0.454 e. The number of rotatable bonds is 5. The Kier molecular flexibility index (Phi) is 6.00. The molecule has 1 amide bonds. The normalized spacial score (nSPS) is 13.9. The predicted octanol–water partition coefficient (Wildman–Crippen LogP) is 3.35. The van der Waals surface area contributed by atoms with Crippen LogP contribution >= 0.6 is 11.8 Å². The summed E-state index contributed by atoms with van der Waals surface area (Å²) in [5.74, 6) is -1.57. The molecule has 0 saturated carbocycles. The van der Waals surface area contributed by atoms with E-state index in [2.05, 4.69) is 5.32 Å². The van der Waals surface area contributed by atoms with Gasteiger partial charge in [0.2, 0.25) is 11.7 Å². The third-order valence-corrected chi connectivity index (χ3v) is 5.33. The van der Waals surface area contributed by atoms with Crippen molar-refractivity contribution in [3.05, 3.63) is 64.7 Å². The standard InChI is InChI=1S/C21H17N3O4S/c1-13(25)23-15-7-5-6-14(10-15)21(27)28-12-18(26)16(11-22)20-24(2)17-8-3-4-9-19(17)29-20/h3-10H,12H2,1-2H3,(H,23,25)/b20-16-. The number of ether oxygens (including phenoxy) is 1. The van der Waals surface area contributed by atoms with Gasteiger partial charge in [-0.15, -0.1) is 0 Å². The van der Waals surface area contributed by atoms with Crippen LogP contribution in [-0.2, 0) is 14.3 Å². The molecule has 1 N–H and O–H groups in total. The van der Waals surface area contributed by atoms with Crippen LogP contribution < -0.4 is 10.2 Å². The number of hydrogen-bond donors (Lipinski definition) is 1. The van der Waals surface area contributed by atoms with Gasteiger partial charge in [-0.05, 0) is 30.3 Å². The lowest BCUT2D eigenvalue weighted by molar-refractivity contribution is -0.118. The van der Waals surface area contributed by atoms with Crippen molar-refractivity contribution in [2.24, 2.45) is 0 Å². The van der Waals surface area contributed by atoms with E-state index >= 15 is 0 Å². The van der Waals surface area contributed by atoms with E-state index in [4.69, 9.17) is 4.74 Å². The number of esters is 1. The number of fused-ring (bicyclic) bond motifs is 1. The maximum atomic E-state index is 12.6. The van der Waals surface area contributed by atoms with Crippen LogP contribution in [0.5, 0.6) is 0 Å². The smallest absolute Gasteiger partial charge is 0.338 e. The van der Waals surface area contributed by atoms with Gasteiger partial charge in [0.05, 0.1) is 11.3 Å². The minimum absolute atomic E-state index is 0.0616. The van der Waals surface area contributed by atoms with Gasteiger partial charge in [-0.25, -0.2) is 4.79 Å². The van der Waals surface area contributed by atoms with E-state index in [-0.39, 0.29) is 17.0 Å². The lowest BCUT2D eigenvalue weighted by Crippen LogP contribution is -2.20. The van der Waals surface area contributed by atoms with Crippen LogP contribution in [0.25, 0.3) is 0 Å². The molecule has 8 heteroatoms. The first-order chi connectivity index (χ1) is 13.9. The van der Waals surface area contributed by atoms with Gasteiger partial charge in [0, 0.05) is 24.6 Å². The fraction of sp³-hybridized carbons (Fsp3) is 0.143. The summed E-state index contributed by atoms with van der Waals surface area (Å²) in [7, 11) is 1.78. The van der Waals surface area contributed by atoms with E-state index in [0.29, 0.717) is 10.7 Å². The van der Waals surface area contributed by atoms with Crippen LogP contribution in [0.15, 0.2) is 64.0 Å². The van der Waals surface area contributed by atoms with Crippen LogP contribution in [-0.4, -0.2) is 31.3 Å². The molecule has 0 saturated heterocycles. The Hall–Kier alpha value is -3.57. The average Bonchev–Trinajstić information content (AvgIpc) is 3.03. The van der Waals surface area contributed by atoms with Crippen molar-refractivity contribution < 1.29 is 19.1 Å². The van der Waals surface area contributed by atoms with E-state index in [1.54, 1.807) is 24.1 Å². The van der Waals surface area contributed by atoms with Crippen molar-refractivity contribution in [2.75, 3.05) is 23.9 Å². The fourth-order valence-corrected chi connectivity index (χ4v) is 3.93. The monoisotopic (exact) mass is 407 g/mol. The molecule has 2 aromatic rings. The summed E-state index contributed by atoms with van der Waals surface area (Å²) in [5, 5.41) is 12.6. The highest BCUT2D eigenvalue weighted by Crippen LogP contribution is 2.46. The number of para-hydroxylation sites is 1. The maximum absolute atomic E-state index is 12.6. The number of hydrogen-bond acceptors (Lipinski definition) is 7. The summed E-state index contributed by atoms with van der Waals surface area (Å²) in [5.41, 5.74) is 1.48. The average molecular weight is 407 g/mol. The van der Waals surface area contributed by atoms with Crippen LogP contribution in [0.3, 0.4) is 0 Å². The van der Waals surface area contributed by atoms with Crippen LogP contribution in [0, 0.1) is 11.3 Å². The molecule has 7 nitrogen and oxygen atoms in total. The maximum Gasteiger partial charge on any atom is 0.338 e. The van der Waals surface area contributed by atoms with Crippen LogP contribution in [0.2, 0.25) is 0 Å². The fourth-order valence-electron chi connectivity index (χ4n) is 2.76. The molecule has 1 aliphatic rings. The summed E-state index contributed by atoms with van der Waals surface area (Å²) in [6.45, 7) is 0.803. The quantitative estimate of drug-likeness (QED) is 0.461. The first kappa shape index (κ1) is 20.2. The summed E-state index contributed by atoms with van der Waals surface area (Å²) in [6.07, 6.45) is 0. The number of nitrogens with one attached hydrogen (secondary N) is 1. The molecule has 0 bridgehead atoms. The Morgan fingerprint density at radius 3 is 2.62 bits per heavy atom. The van der Waals surface area contributed by atoms with Gasteiger partial charge >= 0.3 is 5.97 Å². The molecule has 0 unspecified atom stereocenters. The number of carbonyl (C=O) groups excluding carboxylic acids is 3. The summed E-state index contributed by atoms with van der Waals surface area (Å²) in [4.78, 5) is 38.7. The lowest BCUT2D eigenvalue weighted by Gasteiger charge is -2.14. The molecule has 146 valence electrons. The lowest BCUT2D eigenvalue weighted by atomic mass is 10.2. The van der Waals surface area contributed by atoms with Crippen molar-refractivity contribution in [2.45, 2.75) is 11.8 Å². The number of nitriles is 1. The number of amides is 1. The second-order valence-electron chi connectivity index (χ2n) is 6.18. The highest BCUT2D eigenvalue weighted by molar-refractivity contribution is 8.03. The molecule has 29 heavy (non-hydrogen) atoms. The number of benzene rings is 2. The van der Waals surface area contributed by atoms with Gasteiger partial charge < -0.3 is 15.0 Å². The van der Waals surface area contributed by atoms with Gasteiger partial charge in [-0.3, -0.25) is 9.59 Å². The first-order valence-electron chi connectivity index (χ1n) is 8.63. The van der Waals surface area contributed by atoms with Gasteiger partial charge in [-0.1, -0.05) is 30.0 Å². The van der Waals surface area contributed by atoms with Gasteiger partial charge in [-0.2, -0.15) is 5.26 Å². The molecule has 2 aromatic carbocycles. The van der Waals surface area contributed by atoms with Crippen LogP contribution in [0.1, 0.15) is 17.3 Å². The zero-order chi connectivity index (χ0) is 21.0. The van der Waals surface area contributed by atoms with E-state index in [0.717, 1.165) is 10.6 Å². The Labute approximate surface area is 172 Å². The van der Waals surface area contributed by atoms with Crippen molar-refractivity contribution in [3.8, 4) is 6.07 Å². The van der Waals surface area contributed by atoms with E-state index < -0.39 is 18.4 Å². The molecule has 0 aromatic heterocycles. The van der Waals surface area contributed by atoms with Gasteiger partial charge in [0.25, 0.3) is 0 Å². The van der Waals surface area contributed by atoms with Crippen molar-refractivity contribution in [3.63, 3.8) is 0 Å². The Morgan fingerprint density at radius 2 is 1.93 bits per heavy atom.